The first-order valence-electron chi connectivity index (χ1n) is 9.49. The smallest absolute Gasteiger partial charge is 0.265 e. The van der Waals surface area contributed by atoms with Crippen molar-refractivity contribution in [1.82, 2.24) is 5.32 Å². The third-order valence-electron chi connectivity index (χ3n) is 4.93. The van der Waals surface area contributed by atoms with Crippen molar-refractivity contribution in [2.45, 2.75) is 6.54 Å². The Bertz CT molecular complexity index is 1020. The maximum absolute atomic E-state index is 12.6. The first-order chi connectivity index (χ1) is 13.9. The Hall–Kier alpha value is -2.78. The van der Waals surface area contributed by atoms with Gasteiger partial charge in [0.1, 0.15) is 0 Å². The highest BCUT2D eigenvalue weighted by molar-refractivity contribution is 7.92. The van der Waals surface area contributed by atoms with Crippen LogP contribution in [0, 0.1) is 0 Å². The Balaban J connectivity index is 1.63. The Kier molecular flexibility index (Phi) is 5.33. The van der Waals surface area contributed by atoms with Crippen LogP contribution in [-0.4, -0.2) is 53.4 Å². The minimum Gasteiger partial charge on any atom is -0.479 e. The normalized spacial score (nSPS) is 16.9. The summed E-state index contributed by atoms with van der Waals surface area (Å²) in [6.07, 6.45) is 1.11. The van der Waals surface area contributed by atoms with Gasteiger partial charge in [-0.05, 0) is 29.8 Å². The monoisotopic (exact) mass is 416 g/mol. The van der Waals surface area contributed by atoms with Gasteiger partial charge in [0.15, 0.2) is 12.4 Å². The summed E-state index contributed by atoms with van der Waals surface area (Å²) in [6.45, 7) is 3.90. The van der Waals surface area contributed by atoms with Gasteiger partial charge in [0.25, 0.3) is 5.91 Å². The van der Waals surface area contributed by atoms with Gasteiger partial charge in [0, 0.05) is 31.9 Å². The van der Waals surface area contributed by atoms with E-state index in [4.69, 9.17) is 4.74 Å². The molecule has 1 saturated heterocycles. The van der Waals surface area contributed by atoms with E-state index in [1.807, 2.05) is 24.3 Å². The van der Waals surface area contributed by atoms with E-state index in [0.29, 0.717) is 12.2 Å². The van der Waals surface area contributed by atoms with Crippen LogP contribution < -0.4 is 24.6 Å². The summed E-state index contributed by atoms with van der Waals surface area (Å²) >= 11 is 0. The van der Waals surface area contributed by atoms with Crippen molar-refractivity contribution in [2.24, 2.45) is 0 Å². The zero-order chi connectivity index (χ0) is 20.4. The minimum absolute atomic E-state index is 0.0165. The predicted octanol–water partition coefficient (Wildman–Crippen LogP) is 1.39. The molecule has 8 nitrogen and oxygen atoms in total. The molecule has 2 heterocycles. The number of hydrogen-bond acceptors (Lipinski definition) is 6. The van der Waals surface area contributed by atoms with Crippen molar-refractivity contribution in [3.8, 4) is 5.75 Å². The van der Waals surface area contributed by atoms with Crippen LogP contribution in [0.1, 0.15) is 5.56 Å². The standard InChI is InChI=1S/C20H24N4O4S/c1-29(26,27)22-16-5-2-4-15(12-16)13-24-18-7-3-6-17(20(18)28-14-19(24)25)23-10-8-21-9-11-23/h2-7,12,21-22H,8-11,13-14H2,1H3. The molecule has 0 aromatic heterocycles. The van der Waals surface area contributed by atoms with Gasteiger partial charge in [-0.2, -0.15) is 0 Å². The number of sulfonamides is 1. The molecule has 9 heteroatoms. The van der Waals surface area contributed by atoms with Gasteiger partial charge in [0.05, 0.1) is 24.2 Å². The largest absolute Gasteiger partial charge is 0.479 e. The van der Waals surface area contributed by atoms with Gasteiger partial charge in [0.2, 0.25) is 10.0 Å². The molecule has 2 aliphatic rings. The van der Waals surface area contributed by atoms with Crippen LogP contribution in [-0.2, 0) is 21.4 Å². The zero-order valence-corrected chi connectivity index (χ0v) is 17.0. The van der Waals surface area contributed by atoms with Crippen molar-refractivity contribution >= 4 is 33.0 Å². The summed E-state index contributed by atoms with van der Waals surface area (Å²) in [7, 11) is -3.37. The quantitative estimate of drug-likeness (QED) is 0.766. The fourth-order valence-corrected chi connectivity index (χ4v) is 4.23. The fraction of sp³-hybridized carbons (Fsp3) is 0.350. The molecule has 0 saturated carbocycles. The van der Waals surface area contributed by atoms with E-state index in [1.54, 1.807) is 23.1 Å². The molecule has 2 N–H and O–H groups in total. The van der Waals surface area contributed by atoms with Gasteiger partial charge in [-0.25, -0.2) is 8.42 Å². The van der Waals surface area contributed by atoms with E-state index in [1.165, 1.54) is 0 Å². The number of carbonyl (C=O) groups excluding carboxylic acids is 1. The number of fused-ring (bicyclic) bond motifs is 1. The van der Waals surface area contributed by atoms with Gasteiger partial charge in [-0.1, -0.05) is 18.2 Å². The van der Waals surface area contributed by atoms with Crippen LogP contribution in [0.3, 0.4) is 0 Å². The van der Waals surface area contributed by atoms with Crippen LogP contribution in [0.5, 0.6) is 5.75 Å². The molecular formula is C20H24N4O4S. The summed E-state index contributed by atoms with van der Waals surface area (Å²) in [5.74, 6) is 0.593. The number of hydrogen-bond donors (Lipinski definition) is 2. The van der Waals surface area contributed by atoms with E-state index < -0.39 is 10.0 Å². The Morgan fingerprint density at radius 3 is 2.59 bits per heavy atom. The molecule has 0 bridgehead atoms. The maximum Gasteiger partial charge on any atom is 0.265 e. The second-order valence-electron chi connectivity index (χ2n) is 7.21. The number of nitrogens with one attached hydrogen (secondary N) is 2. The number of carbonyl (C=O) groups is 1. The van der Waals surface area contributed by atoms with Crippen molar-refractivity contribution in [3.05, 3.63) is 48.0 Å². The average molecular weight is 417 g/mol. The van der Waals surface area contributed by atoms with E-state index in [0.717, 1.165) is 55.1 Å². The number of benzene rings is 2. The van der Waals surface area contributed by atoms with E-state index in [2.05, 4.69) is 14.9 Å². The predicted molar refractivity (Wildman–Crippen MR) is 113 cm³/mol. The summed E-state index contributed by atoms with van der Waals surface area (Å²) in [4.78, 5) is 16.6. The van der Waals surface area contributed by atoms with Crippen LogP contribution in [0.15, 0.2) is 42.5 Å². The molecule has 2 aliphatic heterocycles. The van der Waals surface area contributed by atoms with Gasteiger partial charge >= 0.3 is 0 Å². The Morgan fingerprint density at radius 1 is 1.10 bits per heavy atom. The molecule has 154 valence electrons. The number of rotatable bonds is 5. The molecule has 29 heavy (non-hydrogen) atoms. The third-order valence-corrected chi connectivity index (χ3v) is 5.54. The van der Waals surface area contributed by atoms with Crippen molar-refractivity contribution in [3.63, 3.8) is 0 Å². The third kappa shape index (κ3) is 4.46. The van der Waals surface area contributed by atoms with Crippen molar-refractivity contribution in [2.75, 3.05) is 53.6 Å². The SMILES string of the molecule is CS(=O)(=O)Nc1cccc(CN2C(=O)COc3c(N4CCNCC4)cccc32)c1. The van der Waals surface area contributed by atoms with Crippen LogP contribution >= 0.6 is 0 Å². The zero-order valence-electron chi connectivity index (χ0n) is 16.2. The number of ether oxygens (including phenoxy) is 1. The molecule has 0 atom stereocenters. The number of nitrogens with zero attached hydrogens (tertiary/aromatic N) is 2. The van der Waals surface area contributed by atoms with Crippen LogP contribution in [0.4, 0.5) is 17.1 Å². The van der Waals surface area contributed by atoms with Crippen LogP contribution in [0.25, 0.3) is 0 Å². The average Bonchev–Trinajstić information content (AvgIpc) is 2.69. The maximum atomic E-state index is 12.6. The minimum atomic E-state index is -3.37. The molecule has 0 radical (unpaired) electrons. The van der Waals surface area contributed by atoms with Gasteiger partial charge < -0.3 is 19.9 Å². The molecule has 0 spiro atoms. The number of para-hydroxylation sites is 1. The second-order valence-corrected chi connectivity index (χ2v) is 8.95. The highest BCUT2D eigenvalue weighted by atomic mass is 32.2. The fourth-order valence-electron chi connectivity index (χ4n) is 3.68. The van der Waals surface area contributed by atoms with Gasteiger partial charge in [-0.15, -0.1) is 0 Å². The van der Waals surface area contributed by atoms with E-state index >= 15 is 0 Å². The van der Waals surface area contributed by atoms with Crippen molar-refractivity contribution < 1.29 is 17.9 Å². The summed E-state index contributed by atoms with van der Waals surface area (Å²) < 4.78 is 31.3. The lowest BCUT2D eigenvalue weighted by Gasteiger charge is -2.35. The summed E-state index contributed by atoms with van der Waals surface area (Å²) in [6, 6.07) is 12.9. The molecule has 0 aliphatic carbocycles. The molecule has 1 fully saturated rings. The molecule has 1 amide bonds. The number of piperazine rings is 1. The van der Waals surface area contributed by atoms with E-state index in [9.17, 15) is 13.2 Å². The molecule has 2 aromatic rings. The Labute approximate surface area is 170 Å². The Morgan fingerprint density at radius 2 is 1.83 bits per heavy atom. The second kappa shape index (κ2) is 7.92. The lowest BCUT2D eigenvalue weighted by molar-refractivity contribution is -0.121. The number of anilines is 3. The first kappa shape index (κ1) is 19.5. The molecular weight excluding hydrogens is 392 g/mol. The van der Waals surface area contributed by atoms with Crippen LogP contribution in [0.2, 0.25) is 0 Å². The number of amides is 1. The molecule has 2 aromatic carbocycles. The molecule has 0 unspecified atom stereocenters. The first-order valence-corrected chi connectivity index (χ1v) is 11.4. The lowest BCUT2D eigenvalue weighted by atomic mass is 10.1. The highest BCUT2D eigenvalue weighted by Gasteiger charge is 2.29. The van der Waals surface area contributed by atoms with E-state index in [-0.39, 0.29) is 12.5 Å². The van der Waals surface area contributed by atoms with Crippen molar-refractivity contribution in [1.29, 1.82) is 0 Å². The molecule has 4 rings (SSSR count). The lowest BCUT2D eigenvalue weighted by Crippen LogP contribution is -2.44. The highest BCUT2D eigenvalue weighted by Crippen LogP contribution is 2.41. The summed E-state index contributed by atoms with van der Waals surface area (Å²) in [5.41, 5.74) is 3.03. The summed E-state index contributed by atoms with van der Waals surface area (Å²) in [5, 5.41) is 3.34. The topological polar surface area (TPSA) is 91.0 Å². The van der Waals surface area contributed by atoms with Gasteiger partial charge in [-0.3, -0.25) is 9.52 Å².